The molecule has 0 heterocycles. The van der Waals surface area contributed by atoms with Crippen molar-refractivity contribution in [2.75, 3.05) is 32.1 Å². The van der Waals surface area contributed by atoms with E-state index in [0.717, 1.165) is 13.0 Å². The highest BCUT2D eigenvalue weighted by Crippen LogP contribution is 2.22. The van der Waals surface area contributed by atoms with Crippen molar-refractivity contribution in [3.63, 3.8) is 0 Å². The summed E-state index contributed by atoms with van der Waals surface area (Å²) in [4.78, 5) is 11.5. The second kappa shape index (κ2) is 8.32. The van der Waals surface area contributed by atoms with Gasteiger partial charge in [-0.2, -0.15) is 0 Å². The number of carbonyl (C=O) groups excluding carboxylic acids is 1. The molecular weight excluding hydrogens is 275 g/mol. The fraction of sp³-hybridized carbons (Fsp3) is 0.417. The van der Waals surface area contributed by atoms with Crippen molar-refractivity contribution in [3.05, 3.63) is 28.2 Å². The fourth-order valence-electron chi connectivity index (χ4n) is 1.34. The van der Waals surface area contributed by atoms with E-state index in [1.54, 1.807) is 18.2 Å². The summed E-state index contributed by atoms with van der Waals surface area (Å²) >= 11 is 11.6. The van der Waals surface area contributed by atoms with Gasteiger partial charge < -0.3 is 15.4 Å². The average Bonchev–Trinajstić information content (AvgIpc) is 2.27. The number of hydrogen-bond donors (Lipinski definition) is 2. The topological polar surface area (TPSA) is 50.4 Å². The number of anilines is 1. The van der Waals surface area contributed by atoms with Crippen LogP contribution in [0.25, 0.3) is 0 Å². The highest BCUT2D eigenvalue weighted by Gasteiger charge is 2.04. The van der Waals surface area contributed by atoms with Crippen LogP contribution in [0.5, 0.6) is 0 Å². The zero-order valence-electron chi connectivity index (χ0n) is 10.1. The molecule has 0 unspecified atom stereocenters. The van der Waals surface area contributed by atoms with E-state index in [0.29, 0.717) is 22.3 Å². The van der Waals surface area contributed by atoms with Gasteiger partial charge in [0.2, 0.25) is 5.91 Å². The van der Waals surface area contributed by atoms with Gasteiger partial charge in [0.1, 0.15) is 6.61 Å². The van der Waals surface area contributed by atoms with E-state index in [2.05, 4.69) is 10.6 Å². The third-order valence-corrected chi connectivity index (χ3v) is 2.53. The molecule has 1 rings (SSSR count). The molecule has 4 nitrogen and oxygen atoms in total. The number of nitrogens with one attached hydrogen (secondary N) is 2. The summed E-state index contributed by atoms with van der Waals surface area (Å²) in [6, 6.07) is 4.87. The molecule has 0 aliphatic rings. The van der Waals surface area contributed by atoms with Crippen LogP contribution < -0.4 is 10.6 Å². The molecule has 0 radical (unpaired) electrons. The summed E-state index contributed by atoms with van der Waals surface area (Å²) in [5, 5.41) is 6.62. The van der Waals surface area contributed by atoms with Gasteiger partial charge in [0.25, 0.3) is 0 Å². The van der Waals surface area contributed by atoms with Gasteiger partial charge in [-0.25, -0.2) is 0 Å². The van der Waals surface area contributed by atoms with Gasteiger partial charge in [-0.1, -0.05) is 23.2 Å². The Morgan fingerprint density at radius 1 is 1.28 bits per heavy atom. The van der Waals surface area contributed by atoms with E-state index in [4.69, 9.17) is 27.9 Å². The molecule has 0 aliphatic carbocycles. The van der Waals surface area contributed by atoms with Crippen LogP contribution in [0.3, 0.4) is 0 Å². The van der Waals surface area contributed by atoms with Crippen LogP contribution in [-0.4, -0.2) is 32.7 Å². The first-order valence-electron chi connectivity index (χ1n) is 5.60. The number of hydrogen-bond acceptors (Lipinski definition) is 3. The average molecular weight is 291 g/mol. The lowest BCUT2D eigenvalue weighted by Gasteiger charge is -2.07. The Hall–Kier alpha value is -0.810. The lowest BCUT2D eigenvalue weighted by molar-refractivity contribution is -0.120. The largest absolute Gasteiger partial charge is 0.372 e. The number of ether oxygens (including phenoxy) is 1. The van der Waals surface area contributed by atoms with E-state index in [9.17, 15) is 4.79 Å². The van der Waals surface area contributed by atoms with Crippen molar-refractivity contribution in [2.45, 2.75) is 6.42 Å². The first-order valence-corrected chi connectivity index (χ1v) is 6.35. The Bertz CT molecular complexity index is 379. The van der Waals surface area contributed by atoms with Gasteiger partial charge in [-0.15, -0.1) is 0 Å². The monoisotopic (exact) mass is 290 g/mol. The van der Waals surface area contributed by atoms with E-state index >= 15 is 0 Å². The van der Waals surface area contributed by atoms with Crippen molar-refractivity contribution in [3.8, 4) is 0 Å². The van der Waals surface area contributed by atoms with Gasteiger partial charge in [-0.05, 0) is 38.2 Å². The molecule has 2 N–H and O–H groups in total. The van der Waals surface area contributed by atoms with Crippen LogP contribution in [0, 0.1) is 0 Å². The second-order valence-electron chi connectivity index (χ2n) is 3.72. The highest BCUT2D eigenvalue weighted by molar-refractivity contribution is 6.35. The van der Waals surface area contributed by atoms with Crippen LogP contribution in [0.1, 0.15) is 6.42 Å². The van der Waals surface area contributed by atoms with Crippen molar-refractivity contribution in [1.29, 1.82) is 0 Å². The van der Waals surface area contributed by atoms with Crippen LogP contribution in [0.4, 0.5) is 5.69 Å². The lowest BCUT2D eigenvalue weighted by atomic mass is 10.3. The Balaban J connectivity index is 2.31. The Kier molecular flexibility index (Phi) is 7.05. The molecule has 1 aromatic carbocycles. The smallest absolute Gasteiger partial charge is 0.250 e. The molecule has 0 aliphatic heterocycles. The maximum absolute atomic E-state index is 11.5. The van der Waals surface area contributed by atoms with Gasteiger partial charge >= 0.3 is 0 Å². The third-order valence-electron chi connectivity index (χ3n) is 2.09. The molecule has 0 bridgehead atoms. The second-order valence-corrected chi connectivity index (χ2v) is 4.59. The maximum Gasteiger partial charge on any atom is 0.250 e. The van der Waals surface area contributed by atoms with E-state index in [1.807, 2.05) is 7.05 Å². The quantitative estimate of drug-likeness (QED) is 0.759. The molecule has 1 aromatic rings. The normalized spacial score (nSPS) is 10.4. The van der Waals surface area contributed by atoms with Crippen LogP contribution in [0.2, 0.25) is 10.0 Å². The predicted octanol–water partition coefficient (Wildman–Crippen LogP) is 2.56. The van der Waals surface area contributed by atoms with Crippen LogP contribution >= 0.6 is 23.2 Å². The summed E-state index contributed by atoms with van der Waals surface area (Å²) < 4.78 is 5.21. The minimum atomic E-state index is -0.224. The van der Waals surface area contributed by atoms with E-state index in [1.165, 1.54) is 0 Å². The van der Waals surface area contributed by atoms with E-state index < -0.39 is 0 Å². The van der Waals surface area contributed by atoms with Crippen LogP contribution in [-0.2, 0) is 9.53 Å². The van der Waals surface area contributed by atoms with Crippen molar-refractivity contribution in [1.82, 2.24) is 5.32 Å². The summed E-state index contributed by atoms with van der Waals surface area (Å²) in [6.45, 7) is 1.43. The number of halogens is 2. The van der Waals surface area contributed by atoms with Crippen molar-refractivity contribution >= 4 is 34.8 Å². The number of benzene rings is 1. The van der Waals surface area contributed by atoms with Crippen molar-refractivity contribution in [2.24, 2.45) is 0 Å². The molecule has 0 saturated heterocycles. The number of amides is 1. The van der Waals surface area contributed by atoms with Crippen LogP contribution in [0.15, 0.2) is 18.2 Å². The molecule has 1 amide bonds. The zero-order chi connectivity index (χ0) is 13.4. The zero-order valence-corrected chi connectivity index (χ0v) is 11.6. The first kappa shape index (κ1) is 15.2. The molecule has 0 saturated carbocycles. The molecule has 18 heavy (non-hydrogen) atoms. The number of carbonyl (C=O) groups is 1. The summed E-state index contributed by atoms with van der Waals surface area (Å²) in [5.41, 5.74) is 0.566. The molecule has 0 aromatic heterocycles. The van der Waals surface area contributed by atoms with E-state index in [-0.39, 0.29) is 12.5 Å². The summed E-state index contributed by atoms with van der Waals surface area (Å²) in [7, 11) is 1.87. The molecule has 100 valence electrons. The molecule has 0 spiro atoms. The Morgan fingerprint density at radius 2 is 1.94 bits per heavy atom. The molecule has 6 heteroatoms. The highest BCUT2D eigenvalue weighted by atomic mass is 35.5. The molecule has 0 atom stereocenters. The predicted molar refractivity (Wildman–Crippen MR) is 74.5 cm³/mol. The first-order chi connectivity index (χ1) is 8.61. The lowest BCUT2D eigenvalue weighted by Crippen LogP contribution is -2.19. The molecule has 0 fully saturated rings. The SMILES string of the molecule is CNCCCOCC(=O)Nc1cc(Cl)cc(Cl)c1. The number of rotatable bonds is 7. The van der Waals surface area contributed by atoms with Crippen molar-refractivity contribution < 1.29 is 9.53 Å². The fourth-order valence-corrected chi connectivity index (χ4v) is 1.86. The van der Waals surface area contributed by atoms with Gasteiger partial charge in [0.15, 0.2) is 0 Å². The van der Waals surface area contributed by atoms with Gasteiger partial charge in [0, 0.05) is 22.3 Å². The Morgan fingerprint density at radius 3 is 2.56 bits per heavy atom. The Labute approximate surface area is 117 Å². The standard InChI is InChI=1S/C12H16Cl2N2O2/c1-15-3-2-4-18-8-12(17)16-11-6-9(13)5-10(14)7-11/h5-7,15H,2-4,8H2,1H3,(H,16,17). The minimum Gasteiger partial charge on any atom is -0.372 e. The summed E-state index contributed by atoms with van der Waals surface area (Å²) in [6.07, 6.45) is 0.868. The maximum atomic E-state index is 11.5. The van der Waals surface area contributed by atoms with Gasteiger partial charge in [-0.3, -0.25) is 4.79 Å². The summed E-state index contributed by atoms with van der Waals surface area (Å²) in [5.74, 6) is -0.224. The molecular formula is C12H16Cl2N2O2. The third kappa shape index (κ3) is 6.21. The minimum absolute atomic E-state index is 0.0217. The van der Waals surface area contributed by atoms with Gasteiger partial charge in [0.05, 0.1) is 0 Å².